The summed E-state index contributed by atoms with van der Waals surface area (Å²) in [5, 5.41) is 9.92. The fraction of sp³-hybridized carbons (Fsp3) is 0.222. The van der Waals surface area contributed by atoms with Crippen LogP contribution in [-0.4, -0.2) is 42.1 Å². The number of nitrogens with one attached hydrogen (secondary N) is 2. The van der Waals surface area contributed by atoms with E-state index in [0.717, 1.165) is 0 Å². The molecule has 3 amide bonds. The van der Waals surface area contributed by atoms with Crippen LogP contribution in [0.25, 0.3) is 11.3 Å². The molecule has 3 heterocycles. The average Bonchev–Trinajstić information content (AvgIpc) is 3.43. The van der Waals surface area contributed by atoms with Gasteiger partial charge in [-0.15, -0.1) is 22.7 Å². The lowest BCUT2D eigenvalue weighted by molar-refractivity contribution is -0.115. The molecule has 0 aliphatic carbocycles. The Balaban J connectivity index is 1.39. The number of hydrogen-bond acceptors (Lipinski definition) is 7. The summed E-state index contributed by atoms with van der Waals surface area (Å²) in [4.78, 5) is 34.2. The number of benzene rings is 1. The van der Waals surface area contributed by atoms with Crippen molar-refractivity contribution < 1.29 is 18.7 Å². The summed E-state index contributed by atoms with van der Waals surface area (Å²) in [6.07, 6.45) is 0.0675. The minimum atomic E-state index is -0.477. The van der Waals surface area contributed by atoms with Gasteiger partial charge in [-0.2, -0.15) is 0 Å². The van der Waals surface area contributed by atoms with Crippen molar-refractivity contribution in [3.8, 4) is 17.0 Å². The van der Waals surface area contributed by atoms with Crippen LogP contribution in [0.3, 0.4) is 0 Å². The molecular formula is C18H16FN5O3S2. The number of nitrogens with zero attached hydrogens (tertiary/aromatic N) is 3. The number of amides is 3. The lowest BCUT2D eigenvalue weighted by atomic mass is 10.1. The van der Waals surface area contributed by atoms with Gasteiger partial charge in [0, 0.05) is 29.4 Å². The quantitative estimate of drug-likeness (QED) is 0.623. The maximum absolute atomic E-state index is 13.9. The maximum Gasteiger partial charge on any atom is 0.323 e. The summed E-state index contributed by atoms with van der Waals surface area (Å²) >= 11 is 2.57. The lowest BCUT2D eigenvalue weighted by Gasteiger charge is -2.08. The molecule has 2 N–H and O–H groups in total. The van der Waals surface area contributed by atoms with E-state index in [9.17, 15) is 14.0 Å². The van der Waals surface area contributed by atoms with Crippen LogP contribution in [0.15, 0.2) is 29.0 Å². The first kappa shape index (κ1) is 19.3. The van der Waals surface area contributed by atoms with Crippen molar-refractivity contribution in [2.24, 2.45) is 0 Å². The number of carbonyl (C=O) groups excluding carboxylic acids is 2. The molecule has 2 aromatic heterocycles. The van der Waals surface area contributed by atoms with Crippen LogP contribution in [0.5, 0.6) is 5.75 Å². The molecule has 1 saturated heterocycles. The van der Waals surface area contributed by atoms with E-state index >= 15 is 0 Å². The first-order valence-corrected chi connectivity index (χ1v) is 10.4. The van der Waals surface area contributed by atoms with Crippen LogP contribution in [0.2, 0.25) is 0 Å². The fourth-order valence-electron chi connectivity index (χ4n) is 2.77. The number of halogens is 1. The van der Waals surface area contributed by atoms with Gasteiger partial charge in [0.2, 0.25) is 5.91 Å². The average molecular weight is 433 g/mol. The number of hydrogen-bond donors (Lipinski definition) is 2. The zero-order valence-electron chi connectivity index (χ0n) is 15.3. The van der Waals surface area contributed by atoms with E-state index in [2.05, 4.69) is 20.6 Å². The van der Waals surface area contributed by atoms with Gasteiger partial charge >= 0.3 is 6.03 Å². The summed E-state index contributed by atoms with van der Waals surface area (Å²) in [6, 6.07) is 4.39. The predicted octanol–water partition coefficient (Wildman–Crippen LogP) is 3.13. The minimum absolute atomic E-state index is 0.0675. The van der Waals surface area contributed by atoms with E-state index in [1.54, 1.807) is 21.7 Å². The second-order valence-electron chi connectivity index (χ2n) is 6.12. The molecule has 29 heavy (non-hydrogen) atoms. The zero-order chi connectivity index (χ0) is 20.4. The number of ether oxygens (including phenoxy) is 1. The standard InChI is InChI=1S/C18H16FN5O3S2/c1-27-14-3-2-10(6-12(14)19)13-9-28-16(22-13)23-15(25)7-11-8-29-18(21-11)24-5-4-20-17(24)26/h2-3,6,8-9H,4-5,7H2,1H3,(H,20,26)(H,22,23,25). The number of thiazole rings is 2. The van der Waals surface area contributed by atoms with Gasteiger partial charge in [-0.05, 0) is 18.2 Å². The molecule has 150 valence electrons. The molecule has 1 aromatic carbocycles. The number of rotatable bonds is 6. The van der Waals surface area contributed by atoms with E-state index in [0.29, 0.717) is 40.3 Å². The van der Waals surface area contributed by atoms with Crippen LogP contribution >= 0.6 is 22.7 Å². The first-order chi connectivity index (χ1) is 14.0. The highest BCUT2D eigenvalue weighted by Crippen LogP contribution is 2.28. The predicted molar refractivity (Wildman–Crippen MR) is 109 cm³/mol. The summed E-state index contributed by atoms with van der Waals surface area (Å²) in [5.41, 5.74) is 1.73. The molecular weight excluding hydrogens is 417 g/mol. The van der Waals surface area contributed by atoms with Crippen LogP contribution in [0, 0.1) is 5.82 Å². The van der Waals surface area contributed by atoms with Crippen molar-refractivity contribution in [1.82, 2.24) is 15.3 Å². The summed E-state index contributed by atoms with van der Waals surface area (Å²) in [5.74, 6) is -0.587. The summed E-state index contributed by atoms with van der Waals surface area (Å²) in [6.45, 7) is 1.14. The number of carbonyl (C=O) groups is 2. The third-order valence-electron chi connectivity index (χ3n) is 4.17. The molecule has 0 unspecified atom stereocenters. The number of urea groups is 1. The second-order valence-corrected chi connectivity index (χ2v) is 7.81. The highest BCUT2D eigenvalue weighted by molar-refractivity contribution is 7.14. The molecule has 11 heteroatoms. The lowest BCUT2D eigenvalue weighted by Crippen LogP contribution is -2.27. The van der Waals surface area contributed by atoms with Crippen LogP contribution < -0.4 is 20.3 Å². The fourth-order valence-corrected chi connectivity index (χ4v) is 4.36. The van der Waals surface area contributed by atoms with Gasteiger partial charge in [0.25, 0.3) is 0 Å². The van der Waals surface area contributed by atoms with Crippen LogP contribution in [-0.2, 0) is 11.2 Å². The molecule has 0 radical (unpaired) electrons. The molecule has 8 nitrogen and oxygen atoms in total. The van der Waals surface area contributed by atoms with E-state index in [1.165, 1.54) is 41.9 Å². The molecule has 0 bridgehead atoms. The highest BCUT2D eigenvalue weighted by Gasteiger charge is 2.24. The zero-order valence-corrected chi connectivity index (χ0v) is 16.9. The number of methoxy groups -OCH3 is 1. The molecule has 1 aliphatic rings. The van der Waals surface area contributed by atoms with Crippen molar-refractivity contribution in [2.75, 3.05) is 30.4 Å². The molecule has 3 aromatic rings. The summed E-state index contributed by atoms with van der Waals surface area (Å²) < 4.78 is 18.8. The molecule has 0 saturated carbocycles. The largest absolute Gasteiger partial charge is 0.494 e. The van der Waals surface area contributed by atoms with Gasteiger partial charge < -0.3 is 15.4 Å². The Labute approximate surface area is 173 Å². The second kappa shape index (κ2) is 8.13. The normalized spacial score (nSPS) is 13.4. The molecule has 1 fully saturated rings. The number of anilines is 2. The van der Waals surface area contributed by atoms with Gasteiger partial charge in [0.1, 0.15) is 0 Å². The Morgan fingerprint density at radius 2 is 2.21 bits per heavy atom. The molecule has 0 atom stereocenters. The van der Waals surface area contributed by atoms with E-state index < -0.39 is 5.82 Å². The van der Waals surface area contributed by atoms with E-state index in [-0.39, 0.29) is 24.1 Å². The summed E-state index contributed by atoms with van der Waals surface area (Å²) in [7, 11) is 1.40. The van der Waals surface area contributed by atoms with Gasteiger partial charge in [-0.3, -0.25) is 9.69 Å². The SMILES string of the molecule is COc1ccc(-c2csc(NC(=O)Cc3csc(N4CCNC4=O)n3)n2)cc1F. The van der Waals surface area contributed by atoms with Crippen molar-refractivity contribution in [3.63, 3.8) is 0 Å². The Kier molecular flexibility index (Phi) is 5.41. The van der Waals surface area contributed by atoms with Crippen molar-refractivity contribution in [2.45, 2.75) is 6.42 Å². The van der Waals surface area contributed by atoms with Crippen LogP contribution in [0.1, 0.15) is 5.69 Å². The Hall–Kier alpha value is -3.05. The van der Waals surface area contributed by atoms with E-state index in [1.807, 2.05) is 0 Å². The van der Waals surface area contributed by atoms with Crippen molar-refractivity contribution >= 4 is 44.9 Å². The van der Waals surface area contributed by atoms with Crippen LogP contribution in [0.4, 0.5) is 19.4 Å². The molecule has 1 aliphatic heterocycles. The smallest absolute Gasteiger partial charge is 0.323 e. The monoisotopic (exact) mass is 433 g/mol. The first-order valence-electron chi connectivity index (χ1n) is 8.62. The van der Waals surface area contributed by atoms with Crippen molar-refractivity contribution in [1.29, 1.82) is 0 Å². The van der Waals surface area contributed by atoms with Gasteiger partial charge in [0.05, 0.1) is 24.9 Å². The topological polar surface area (TPSA) is 96.5 Å². The van der Waals surface area contributed by atoms with E-state index in [4.69, 9.17) is 4.74 Å². The van der Waals surface area contributed by atoms with Gasteiger partial charge in [-0.1, -0.05) is 0 Å². The van der Waals surface area contributed by atoms with Gasteiger partial charge in [-0.25, -0.2) is 19.2 Å². The Morgan fingerprint density at radius 3 is 2.93 bits per heavy atom. The van der Waals surface area contributed by atoms with Crippen molar-refractivity contribution in [3.05, 3.63) is 40.5 Å². The third kappa shape index (κ3) is 4.20. The molecule has 0 spiro atoms. The Morgan fingerprint density at radius 1 is 1.34 bits per heavy atom. The highest BCUT2D eigenvalue weighted by atomic mass is 32.1. The van der Waals surface area contributed by atoms with Gasteiger partial charge in [0.15, 0.2) is 21.8 Å². The minimum Gasteiger partial charge on any atom is -0.494 e. The Bertz CT molecular complexity index is 1070. The maximum atomic E-state index is 13.9. The number of aromatic nitrogens is 2. The third-order valence-corrected chi connectivity index (χ3v) is 5.84. The molecule has 4 rings (SSSR count).